The maximum atomic E-state index is 6.02. The van der Waals surface area contributed by atoms with Gasteiger partial charge in [-0.1, -0.05) is 31.2 Å². The summed E-state index contributed by atoms with van der Waals surface area (Å²) in [6.45, 7) is 6.01. The van der Waals surface area contributed by atoms with Gasteiger partial charge in [-0.25, -0.2) is 0 Å². The molecule has 5 heteroatoms. The molecule has 1 N–H and O–H groups in total. The molecule has 2 atom stereocenters. The third-order valence-corrected chi connectivity index (χ3v) is 4.28. The number of anilines is 1. The Morgan fingerprint density at radius 3 is 3.00 bits per heavy atom. The predicted octanol–water partition coefficient (Wildman–Crippen LogP) is 3.46. The van der Waals surface area contributed by atoms with E-state index in [1.165, 1.54) is 37.2 Å². The first-order chi connectivity index (χ1) is 8.81. The first-order valence-electron chi connectivity index (χ1n) is 6.98. The lowest BCUT2D eigenvalue weighted by molar-refractivity contribution is -0.0165. The van der Waals surface area contributed by atoms with Gasteiger partial charge < -0.3 is 10.1 Å². The summed E-state index contributed by atoms with van der Waals surface area (Å²) in [4.78, 5) is 0. The zero-order chi connectivity index (χ0) is 12.8. The Kier molecular flexibility index (Phi) is 5.38. The Morgan fingerprint density at radius 2 is 2.22 bits per heavy atom. The van der Waals surface area contributed by atoms with Gasteiger partial charge in [0.25, 0.3) is 0 Å². The summed E-state index contributed by atoms with van der Waals surface area (Å²) >= 11 is 1.42. The van der Waals surface area contributed by atoms with E-state index in [1.54, 1.807) is 0 Å². The van der Waals surface area contributed by atoms with E-state index in [0.717, 1.165) is 23.7 Å². The van der Waals surface area contributed by atoms with Crippen LogP contribution in [0.4, 0.5) is 5.00 Å². The number of ether oxygens (including phenoxy) is 1. The van der Waals surface area contributed by atoms with Crippen molar-refractivity contribution in [1.82, 2.24) is 9.59 Å². The second-order valence-electron chi connectivity index (χ2n) is 5.09. The molecule has 0 radical (unpaired) electrons. The van der Waals surface area contributed by atoms with Crippen molar-refractivity contribution in [2.24, 2.45) is 5.92 Å². The highest BCUT2D eigenvalue weighted by Gasteiger charge is 2.22. The average Bonchev–Trinajstić information content (AvgIpc) is 2.83. The number of aromatic nitrogens is 2. The molecule has 0 spiro atoms. The number of nitrogens with one attached hydrogen (secondary N) is 1. The number of rotatable bonds is 6. The van der Waals surface area contributed by atoms with Crippen LogP contribution in [0.3, 0.4) is 0 Å². The van der Waals surface area contributed by atoms with E-state index in [0.29, 0.717) is 18.6 Å². The molecule has 0 saturated heterocycles. The normalized spacial score (nSPS) is 24.1. The van der Waals surface area contributed by atoms with Crippen LogP contribution >= 0.6 is 11.5 Å². The van der Waals surface area contributed by atoms with Crippen molar-refractivity contribution in [3.05, 3.63) is 5.69 Å². The standard InChI is InChI=1S/C13H23N3OS/c1-3-8-14-13-11(15-16-18-13)9-17-12-7-5-4-6-10(12)2/h10,12,14H,3-9H2,1-2H3. The zero-order valence-electron chi connectivity index (χ0n) is 11.3. The first-order valence-corrected chi connectivity index (χ1v) is 7.75. The second kappa shape index (κ2) is 7.04. The minimum Gasteiger partial charge on any atom is -0.374 e. The van der Waals surface area contributed by atoms with E-state index in [9.17, 15) is 0 Å². The van der Waals surface area contributed by atoms with Gasteiger partial charge in [-0.3, -0.25) is 0 Å². The van der Waals surface area contributed by atoms with E-state index in [-0.39, 0.29) is 0 Å². The summed E-state index contributed by atoms with van der Waals surface area (Å²) in [5.41, 5.74) is 0.964. The molecule has 0 aliphatic heterocycles. The molecule has 2 unspecified atom stereocenters. The molecular formula is C13H23N3OS. The van der Waals surface area contributed by atoms with Crippen molar-refractivity contribution in [3.63, 3.8) is 0 Å². The summed E-state index contributed by atoms with van der Waals surface area (Å²) in [6.07, 6.45) is 6.64. The smallest absolute Gasteiger partial charge is 0.135 e. The fourth-order valence-corrected chi connectivity index (χ4v) is 2.98. The van der Waals surface area contributed by atoms with Crippen LogP contribution in [0.25, 0.3) is 0 Å². The van der Waals surface area contributed by atoms with Gasteiger partial charge in [0.1, 0.15) is 10.7 Å². The second-order valence-corrected chi connectivity index (χ2v) is 5.84. The van der Waals surface area contributed by atoms with Gasteiger partial charge >= 0.3 is 0 Å². The molecule has 1 aromatic heterocycles. The fourth-order valence-electron chi connectivity index (χ4n) is 2.39. The molecule has 1 aliphatic carbocycles. The lowest BCUT2D eigenvalue weighted by atomic mass is 9.88. The van der Waals surface area contributed by atoms with Crippen molar-refractivity contribution in [1.29, 1.82) is 0 Å². The van der Waals surface area contributed by atoms with Crippen LogP contribution in [-0.4, -0.2) is 22.2 Å². The molecule has 1 saturated carbocycles. The topological polar surface area (TPSA) is 47.0 Å². The van der Waals surface area contributed by atoms with Crippen molar-refractivity contribution < 1.29 is 4.74 Å². The summed E-state index contributed by atoms with van der Waals surface area (Å²) in [6, 6.07) is 0. The van der Waals surface area contributed by atoms with Gasteiger partial charge in [-0.15, -0.1) is 5.10 Å². The molecular weight excluding hydrogens is 246 g/mol. The van der Waals surface area contributed by atoms with Crippen molar-refractivity contribution in [2.45, 2.75) is 58.7 Å². The van der Waals surface area contributed by atoms with Crippen LogP contribution in [0, 0.1) is 5.92 Å². The van der Waals surface area contributed by atoms with Crippen molar-refractivity contribution in [2.75, 3.05) is 11.9 Å². The molecule has 0 aromatic carbocycles. The molecule has 1 heterocycles. The fraction of sp³-hybridized carbons (Fsp3) is 0.846. The highest BCUT2D eigenvalue weighted by molar-refractivity contribution is 7.10. The third kappa shape index (κ3) is 3.65. The molecule has 0 amide bonds. The lowest BCUT2D eigenvalue weighted by Gasteiger charge is -2.28. The van der Waals surface area contributed by atoms with E-state index < -0.39 is 0 Å². The van der Waals surface area contributed by atoms with E-state index in [2.05, 4.69) is 28.8 Å². The van der Waals surface area contributed by atoms with E-state index in [1.807, 2.05) is 0 Å². The van der Waals surface area contributed by atoms with Crippen LogP contribution in [0.1, 0.15) is 51.6 Å². The maximum Gasteiger partial charge on any atom is 0.135 e. The van der Waals surface area contributed by atoms with Gasteiger partial charge in [0.15, 0.2) is 0 Å². The summed E-state index contributed by atoms with van der Waals surface area (Å²) in [5, 5.41) is 8.58. The highest BCUT2D eigenvalue weighted by Crippen LogP contribution is 2.28. The van der Waals surface area contributed by atoms with Gasteiger partial charge in [-0.05, 0) is 25.2 Å². The first kappa shape index (κ1) is 13.7. The number of hydrogen-bond donors (Lipinski definition) is 1. The van der Waals surface area contributed by atoms with Gasteiger partial charge in [0, 0.05) is 18.1 Å². The van der Waals surface area contributed by atoms with Gasteiger partial charge in [0.05, 0.1) is 12.7 Å². The monoisotopic (exact) mass is 269 g/mol. The summed E-state index contributed by atoms with van der Waals surface area (Å²) in [5.74, 6) is 0.678. The molecule has 2 rings (SSSR count). The van der Waals surface area contributed by atoms with Crippen LogP contribution in [0.2, 0.25) is 0 Å². The van der Waals surface area contributed by atoms with Crippen molar-refractivity contribution in [3.8, 4) is 0 Å². The largest absolute Gasteiger partial charge is 0.374 e. The quantitative estimate of drug-likeness (QED) is 0.859. The molecule has 18 heavy (non-hydrogen) atoms. The van der Waals surface area contributed by atoms with E-state index >= 15 is 0 Å². The summed E-state index contributed by atoms with van der Waals surface area (Å²) < 4.78 is 10.0. The maximum absolute atomic E-state index is 6.02. The molecule has 4 nitrogen and oxygen atoms in total. The Hall–Kier alpha value is -0.680. The minimum absolute atomic E-state index is 0.402. The Morgan fingerprint density at radius 1 is 1.39 bits per heavy atom. The lowest BCUT2D eigenvalue weighted by Crippen LogP contribution is -2.25. The van der Waals surface area contributed by atoms with Crippen LogP contribution in [-0.2, 0) is 11.3 Å². The van der Waals surface area contributed by atoms with Crippen molar-refractivity contribution >= 4 is 16.5 Å². The predicted molar refractivity (Wildman–Crippen MR) is 74.9 cm³/mol. The molecule has 1 aliphatic rings. The van der Waals surface area contributed by atoms with Crippen LogP contribution in [0.15, 0.2) is 0 Å². The van der Waals surface area contributed by atoms with Gasteiger partial charge in [-0.2, -0.15) is 0 Å². The number of nitrogens with zero attached hydrogens (tertiary/aromatic N) is 2. The Balaban J connectivity index is 1.83. The van der Waals surface area contributed by atoms with Crippen LogP contribution < -0.4 is 5.32 Å². The van der Waals surface area contributed by atoms with Gasteiger partial charge in [0.2, 0.25) is 0 Å². The molecule has 0 bridgehead atoms. The average molecular weight is 269 g/mol. The molecule has 1 aromatic rings. The SMILES string of the molecule is CCCNc1snnc1COC1CCCCC1C. The van der Waals surface area contributed by atoms with E-state index in [4.69, 9.17) is 4.74 Å². The molecule has 1 fully saturated rings. The summed E-state index contributed by atoms with van der Waals surface area (Å²) in [7, 11) is 0. The molecule has 102 valence electrons. The van der Waals surface area contributed by atoms with Crippen LogP contribution in [0.5, 0.6) is 0 Å². The Bertz CT molecular complexity index is 356. The number of hydrogen-bond acceptors (Lipinski definition) is 5. The Labute approximate surface area is 113 Å². The minimum atomic E-state index is 0.402. The highest BCUT2D eigenvalue weighted by atomic mass is 32.1. The zero-order valence-corrected chi connectivity index (χ0v) is 12.1. The third-order valence-electron chi connectivity index (χ3n) is 3.56.